The molecule has 4 rings (SSSR count). The molecule has 2 aliphatic carbocycles. The van der Waals surface area contributed by atoms with Gasteiger partial charge < -0.3 is 29.7 Å². The van der Waals surface area contributed by atoms with Crippen molar-refractivity contribution in [1.82, 2.24) is 10.3 Å². The number of hydrogen-bond acceptors (Lipinski definition) is 7. The highest BCUT2D eigenvalue weighted by Crippen LogP contribution is 2.35. The SMILES string of the molecule is COc1cc(C(=O)NCC(O)(CO)c2ccc(OC)c(C3C=CC(F)=C(Cl)C=C3)n2)ccc1OC1CC1. The van der Waals surface area contributed by atoms with E-state index in [4.69, 9.17) is 25.8 Å². The number of ether oxygens (including phenoxy) is 3. The molecule has 0 radical (unpaired) electrons. The predicted octanol–water partition coefficient (Wildman–Crippen LogP) is 3.88. The van der Waals surface area contributed by atoms with Gasteiger partial charge in [0.05, 0.1) is 49.9 Å². The number of nitrogens with zero attached hydrogens (tertiary/aromatic N) is 1. The second-order valence-electron chi connectivity index (χ2n) is 8.78. The van der Waals surface area contributed by atoms with Crippen LogP contribution < -0.4 is 19.5 Å². The van der Waals surface area contributed by atoms with Gasteiger partial charge in [0.25, 0.3) is 5.91 Å². The number of aliphatic hydroxyl groups excluding tert-OH is 1. The van der Waals surface area contributed by atoms with Crippen molar-refractivity contribution < 1.29 is 33.6 Å². The van der Waals surface area contributed by atoms with Crippen LogP contribution in [0.2, 0.25) is 0 Å². The zero-order valence-electron chi connectivity index (χ0n) is 20.4. The number of halogens is 2. The van der Waals surface area contributed by atoms with E-state index in [1.807, 2.05) is 0 Å². The van der Waals surface area contributed by atoms with E-state index in [1.165, 1.54) is 32.4 Å². The van der Waals surface area contributed by atoms with Gasteiger partial charge in [-0.2, -0.15) is 0 Å². The van der Waals surface area contributed by atoms with E-state index >= 15 is 0 Å². The van der Waals surface area contributed by atoms with E-state index in [0.717, 1.165) is 12.8 Å². The van der Waals surface area contributed by atoms with Gasteiger partial charge in [-0.3, -0.25) is 4.79 Å². The highest BCUT2D eigenvalue weighted by atomic mass is 35.5. The third kappa shape index (κ3) is 6.12. The van der Waals surface area contributed by atoms with Crippen LogP contribution in [-0.2, 0) is 5.60 Å². The third-order valence-corrected chi connectivity index (χ3v) is 6.38. The second-order valence-corrected chi connectivity index (χ2v) is 9.19. The molecule has 2 aromatic rings. The Bertz CT molecular complexity index is 1240. The molecule has 2 aliphatic rings. The summed E-state index contributed by atoms with van der Waals surface area (Å²) in [6, 6.07) is 7.90. The summed E-state index contributed by atoms with van der Waals surface area (Å²) >= 11 is 5.88. The van der Waals surface area contributed by atoms with E-state index in [0.29, 0.717) is 28.5 Å². The molecule has 1 aromatic heterocycles. The number of methoxy groups -OCH3 is 2. The first-order chi connectivity index (χ1) is 17.8. The maximum atomic E-state index is 13.9. The molecule has 1 fully saturated rings. The smallest absolute Gasteiger partial charge is 0.251 e. The van der Waals surface area contributed by atoms with Crippen LogP contribution in [0, 0.1) is 0 Å². The van der Waals surface area contributed by atoms with Gasteiger partial charge in [0, 0.05) is 11.5 Å². The fourth-order valence-corrected chi connectivity index (χ4v) is 3.88. The Labute approximate surface area is 219 Å². The van der Waals surface area contributed by atoms with E-state index in [1.54, 1.807) is 36.4 Å². The maximum absolute atomic E-state index is 13.9. The molecule has 0 spiro atoms. The van der Waals surface area contributed by atoms with Gasteiger partial charge in [0.15, 0.2) is 11.5 Å². The molecule has 3 N–H and O–H groups in total. The Balaban J connectivity index is 1.53. The van der Waals surface area contributed by atoms with Gasteiger partial charge in [-0.15, -0.1) is 0 Å². The number of amides is 1. The molecule has 0 saturated heterocycles. The average Bonchev–Trinajstić information content (AvgIpc) is 3.76. The van der Waals surface area contributed by atoms with Gasteiger partial charge >= 0.3 is 0 Å². The van der Waals surface area contributed by atoms with Gasteiger partial charge in [0.1, 0.15) is 17.2 Å². The van der Waals surface area contributed by atoms with Crippen molar-refractivity contribution in [1.29, 1.82) is 0 Å². The lowest BCUT2D eigenvalue weighted by Gasteiger charge is -2.27. The zero-order chi connectivity index (χ0) is 26.6. The van der Waals surface area contributed by atoms with Crippen molar-refractivity contribution in [3.05, 3.63) is 82.4 Å². The standard InChI is InChI=1S/C27H28ClFN2O6/c1-35-22-11-12-24(31-25(22)16-3-8-19(28)20(29)9-4-16)27(34,15-32)14-30-26(33)17-5-10-21(23(13-17)36-2)37-18-6-7-18/h3-5,8-13,16,18,32,34H,6-7,14-15H2,1-2H3,(H,30,33). The lowest BCUT2D eigenvalue weighted by Crippen LogP contribution is -2.44. The molecular weight excluding hydrogens is 503 g/mol. The second kappa shape index (κ2) is 11.3. The number of allylic oxidation sites excluding steroid dienone is 6. The highest BCUT2D eigenvalue weighted by Gasteiger charge is 2.33. The van der Waals surface area contributed by atoms with E-state index < -0.39 is 29.9 Å². The number of carbonyl (C=O) groups is 1. The zero-order valence-corrected chi connectivity index (χ0v) is 21.2. The summed E-state index contributed by atoms with van der Waals surface area (Å²) in [5.41, 5.74) is -1.14. The molecule has 1 aromatic carbocycles. The van der Waals surface area contributed by atoms with Crippen LogP contribution in [0.15, 0.2) is 65.5 Å². The van der Waals surface area contributed by atoms with Gasteiger partial charge in [-0.1, -0.05) is 23.8 Å². The van der Waals surface area contributed by atoms with Crippen LogP contribution in [0.25, 0.3) is 0 Å². The topological polar surface area (TPSA) is 110 Å². The van der Waals surface area contributed by atoms with Crippen molar-refractivity contribution in [2.24, 2.45) is 0 Å². The number of hydrogen-bond donors (Lipinski definition) is 3. The predicted molar refractivity (Wildman–Crippen MR) is 136 cm³/mol. The summed E-state index contributed by atoms with van der Waals surface area (Å²) in [4.78, 5) is 17.4. The summed E-state index contributed by atoms with van der Waals surface area (Å²) in [6.07, 6.45) is 8.00. The largest absolute Gasteiger partial charge is 0.495 e. The van der Waals surface area contributed by atoms with Crippen molar-refractivity contribution in [3.63, 3.8) is 0 Å². The van der Waals surface area contributed by atoms with Crippen molar-refractivity contribution in [2.45, 2.75) is 30.5 Å². The first-order valence-corrected chi connectivity index (χ1v) is 12.1. The molecule has 2 atom stereocenters. The molecule has 196 valence electrons. The first-order valence-electron chi connectivity index (χ1n) is 11.7. The lowest BCUT2D eigenvalue weighted by atomic mass is 9.96. The summed E-state index contributed by atoms with van der Waals surface area (Å²) in [7, 11) is 2.95. The number of pyridine rings is 1. The number of aromatic nitrogens is 1. The third-order valence-electron chi connectivity index (χ3n) is 6.07. The number of rotatable bonds is 10. The Morgan fingerprint density at radius 1 is 1.14 bits per heavy atom. The number of carbonyl (C=O) groups excluding carboxylic acids is 1. The Kier molecular flexibility index (Phi) is 8.16. The quantitative estimate of drug-likeness (QED) is 0.427. The van der Waals surface area contributed by atoms with Gasteiger partial charge in [-0.25, -0.2) is 9.37 Å². The van der Waals surface area contributed by atoms with Crippen LogP contribution in [-0.4, -0.2) is 54.6 Å². The molecule has 2 unspecified atom stereocenters. The first kappa shape index (κ1) is 26.7. The summed E-state index contributed by atoms with van der Waals surface area (Å²) < 4.78 is 30.4. The maximum Gasteiger partial charge on any atom is 0.251 e. The summed E-state index contributed by atoms with van der Waals surface area (Å²) in [5, 5.41) is 23.9. The van der Waals surface area contributed by atoms with Crippen LogP contribution in [0.4, 0.5) is 4.39 Å². The van der Waals surface area contributed by atoms with Crippen molar-refractivity contribution in [2.75, 3.05) is 27.4 Å². The molecule has 0 bridgehead atoms. The van der Waals surface area contributed by atoms with Crippen molar-refractivity contribution >= 4 is 17.5 Å². The van der Waals surface area contributed by atoms with Crippen LogP contribution >= 0.6 is 11.6 Å². The van der Waals surface area contributed by atoms with E-state index in [-0.39, 0.29) is 23.4 Å². The minimum absolute atomic E-state index is 0.0489. The molecule has 1 amide bonds. The minimum Gasteiger partial charge on any atom is -0.495 e. The monoisotopic (exact) mass is 530 g/mol. The summed E-state index contributed by atoms with van der Waals surface area (Å²) in [5.74, 6) is -0.211. The van der Waals surface area contributed by atoms with Crippen molar-refractivity contribution in [3.8, 4) is 17.2 Å². The minimum atomic E-state index is -1.91. The Morgan fingerprint density at radius 3 is 2.51 bits per heavy atom. The van der Waals surface area contributed by atoms with Gasteiger partial charge in [0.2, 0.25) is 0 Å². The highest BCUT2D eigenvalue weighted by molar-refractivity contribution is 6.31. The van der Waals surface area contributed by atoms with E-state index in [9.17, 15) is 19.4 Å². The molecule has 8 nitrogen and oxygen atoms in total. The van der Waals surface area contributed by atoms with E-state index in [2.05, 4.69) is 10.3 Å². The lowest BCUT2D eigenvalue weighted by molar-refractivity contribution is -0.0205. The van der Waals surface area contributed by atoms with Crippen LogP contribution in [0.5, 0.6) is 17.2 Å². The molecule has 10 heteroatoms. The fourth-order valence-electron chi connectivity index (χ4n) is 3.74. The summed E-state index contributed by atoms with van der Waals surface area (Å²) in [6.45, 7) is -1.05. The normalized spacial score (nSPS) is 18.7. The number of nitrogens with one attached hydrogen (secondary N) is 1. The molecular formula is C27H28ClFN2O6. The molecule has 37 heavy (non-hydrogen) atoms. The molecule has 1 saturated carbocycles. The fraction of sp³-hybridized carbons (Fsp3) is 0.333. The molecule has 0 aliphatic heterocycles. The Morgan fingerprint density at radius 2 is 1.84 bits per heavy atom. The van der Waals surface area contributed by atoms with Crippen LogP contribution in [0.3, 0.4) is 0 Å². The molecule has 1 heterocycles. The van der Waals surface area contributed by atoms with Gasteiger partial charge in [-0.05, 0) is 55.3 Å². The number of benzene rings is 1. The van der Waals surface area contributed by atoms with Crippen LogP contribution in [0.1, 0.15) is 40.5 Å². The Hall–Kier alpha value is -3.40. The number of aliphatic hydroxyl groups is 2. The average molecular weight is 531 g/mol.